The molecule has 132 valence electrons. The molecule has 8 heteroatoms. The zero-order chi connectivity index (χ0) is 18.3. The number of para-hydroxylation sites is 1. The fourth-order valence-corrected chi connectivity index (χ4v) is 3.18. The summed E-state index contributed by atoms with van der Waals surface area (Å²) in [6.07, 6.45) is 2.19. The molecule has 0 bridgehead atoms. The van der Waals surface area contributed by atoms with Gasteiger partial charge in [-0.05, 0) is 31.5 Å². The molecule has 26 heavy (non-hydrogen) atoms. The van der Waals surface area contributed by atoms with Crippen molar-refractivity contribution in [2.45, 2.75) is 19.4 Å². The molecule has 8 nitrogen and oxygen atoms in total. The van der Waals surface area contributed by atoms with E-state index < -0.39 is 6.04 Å². The van der Waals surface area contributed by atoms with Gasteiger partial charge in [0.15, 0.2) is 0 Å². The SMILES string of the molecule is Cc1ccnc2nc(C(=O)N(C)C3CCN(c4ccccc4)C3=O)nn12. The van der Waals surface area contributed by atoms with Gasteiger partial charge in [-0.2, -0.15) is 4.98 Å². The lowest BCUT2D eigenvalue weighted by Crippen LogP contribution is -2.43. The van der Waals surface area contributed by atoms with E-state index in [1.807, 2.05) is 37.3 Å². The number of hydrogen-bond donors (Lipinski definition) is 0. The summed E-state index contributed by atoms with van der Waals surface area (Å²) >= 11 is 0. The lowest BCUT2D eigenvalue weighted by atomic mass is 10.2. The number of likely N-dealkylation sites (N-methyl/N-ethyl adjacent to an activating group) is 1. The summed E-state index contributed by atoms with van der Waals surface area (Å²) in [5, 5.41) is 4.23. The monoisotopic (exact) mass is 350 g/mol. The summed E-state index contributed by atoms with van der Waals surface area (Å²) in [6.45, 7) is 2.43. The van der Waals surface area contributed by atoms with Gasteiger partial charge in [-0.25, -0.2) is 9.50 Å². The van der Waals surface area contributed by atoms with Crippen molar-refractivity contribution in [2.75, 3.05) is 18.5 Å². The second-order valence-electron chi connectivity index (χ2n) is 6.28. The number of fused-ring (bicyclic) bond motifs is 1. The van der Waals surface area contributed by atoms with Crippen LogP contribution in [0.3, 0.4) is 0 Å². The maximum atomic E-state index is 12.8. The first-order valence-electron chi connectivity index (χ1n) is 8.38. The summed E-state index contributed by atoms with van der Waals surface area (Å²) in [4.78, 5) is 37.0. The molecule has 2 amide bonds. The van der Waals surface area contributed by atoms with Crippen LogP contribution in [0.25, 0.3) is 5.78 Å². The van der Waals surface area contributed by atoms with Gasteiger partial charge < -0.3 is 9.80 Å². The Morgan fingerprint density at radius 1 is 1.23 bits per heavy atom. The van der Waals surface area contributed by atoms with E-state index in [0.29, 0.717) is 18.7 Å². The maximum Gasteiger partial charge on any atom is 0.294 e. The number of amides is 2. The van der Waals surface area contributed by atoms with Gasteiger partial charge in [0.2, 0.25) is 11.7 Å². The van der Waals surface area contributed by atoms with E-state index in [1.54, 1.807) is 24.2 Å². The molecule has 0 aliphatic carbocycles. The van der Waals surface area contributed by atoms with Crippen molar-refractivity contribution in [3.05, 3.63) is 54.1 Å². The first-order chi connectivity index (χ1) is 12.6. The fraction of sp³-hybridized carbons (Fsp3) is 0.278. The number of aromatic nitrogens is 4. The third-order valence-corrected chi connectivity index (χ3v) is 4.65. The van der Waals surface area contributed by atoms with Crippen LogP contribution >= 0.6 is 0 Å². The molecule has 1 aromatic carbocycles. The summed E-state index contributed by atoms with van der Waals surface area (Å²) in [5.41, 5.74) is 1.67. The van der Waals surface area contributed by atoms with Crippen molar-refractivity contribution in [1.29, 1.82) is 0 Å². The molecule has 1 unspecified atom stereocenters. The molecule has 0 radical (unpaired) electrons. The minimum atomic E-state index is -0.525. The number of benzene rings is 1. The van der Waals surface area contributed by atoms with E-state index in [9.17, 15) is 9.59 Å². The average molecular weight is 350 g/mol. The number of hydrogen-bond acceptors (Lipinski definition) is 5. The number of aryl methyl sites for hydroxylation is 1. The molecule has 3 heterocycles. The van der Waals surface area contributed by atoms with Crippen molar-refractivity contribution in [1.82, 2.24) is 24.5 Å². The van der Waals surface area contributed by atoms with Gasteiger partial charge in [0.05, 0.1) is 0 Å². The first kappa shape index (κ1) is 16.2. The number of nitrogens with zero attached hydrogens (tertiary/aromatic N) is 6. The van der Waals surface area contributed by atoms with Gasteiger partial charge in [-0.15, -0.1) is 5.10 Å². The smallest absolute Gasteiger partial charge is 0.294 e. The van der Waals surface area contributed by atoms with Crippen LogP contribution in [0.4, 0.5) is 5.69 Å². The second kappa shape index (κ2) is 6.21. The van der Waals surface area contributed by atoms with Crippen LogP contribution in [0.1, 0.15) is 22.7 Å². The standard InChI is InChI=1S/C18H18N6O2/c1-12-8-10-19-18-20-15(21-24(12)18)17(26)22(2)14-9-11-23(16(14)25)13-6-4-3-5-7-13/h3-8,10,14H,9,11H2,1-2H3. The Morgan fingerprint density at radius 2 is 2.00 bits per heavy atom. The Balaban J connectivity index is 1.57. The van der Waals surface area contributed by atoms with Crippen LogP contribution in [0, 0.1) is 6.92 Å². The molecule has 1 saturated heterocycles. The van der Waals surface area contributed by atoms with Gasteiger partial charge in [0.25, 0.3) is 11.7 Å². The number of rotatable bonds is 3. The topological polar surface area (TPSA) is 83.7 Å². The summed E-state index contributed by atoms with van der Waals surface area (Å²) < 4.78 is 1.52. The maximum absolute atomic E-state index is 12.8. The largest absolute Gasteiger partial charge is 0.327 e. The van der Waals surface area contributed by atoms with Crippen molar-refractivity contribution >= 4 is 23.3 Å². The molecular weight excluding hydrogens is 332 g/mol. The average Bonchev–Trinajstić information content (AvgIpc) is 3.26. The highest BCUT2D eigenvalue weighted by Gasteiger charge is 2.38. The molecule has 0 spiro atoms. The third kappa shape index (κ3) is 2.59. The van der Waals surface area contributed by atoms with Crippen molar-refractivity contribution in [3.8, 4) is 0 Å². The Morgan fingerprint density at radius 3 is 2.73 bits per heavy atom. The van der Waals surface area contributed by atoms with Crippen LogP contribution < -0.4 is 4.90 Å². The van der Waals surface area contributed by atoms with Gasteiger partial charge in [-0.1, -0.05) is 18.2 Å². The first-order valence-corrected chi connectivity index (χ1v) is 8.38. The van der Waals surface area contributed by atoms with Crippen LogP contribution in [0.15, 0.2) is 42.6 Å². The Bertz CT molecular complexity index is 984. The van der Waals surface area contributed by atoms with Gasteiger partial charge in [0.1, 0.15) is 6.04 Å². The molecule has 2 aromatic heterocycles. The van der Waals surface area contributed by atoms with E-state index in [1.165, 1.54) is 9.42 Å². The zero-order valence-corrected chi connectivity index (χ0v) is 14.5. The Hall–Kier alpha value is -3.29. The molecule has 4 rings (SSSR count). The van der Waals surface area contributed by atoms with Crippen molar-refractivity contribution < 1.29 is 9.59 Å². The van der Waals surface area contributed by atoms with Gasteiger partial charge >= 0.3 is 0 Å². The zero-order valence-electron chi connectivity index (χ0n) is 14.5. The second-order valence-corrected chi connectivity index (χ2v) is 6.28. The normalized spacial score (nSPS) is 17.1. The summed E-state index contributed by atoms with van der Waals surface area (Å²) in [7, 11) is 1.62. The molecule has 1 atom stereocenters. The van der Waals surface area contributed by atoms with E-state index in [0.717, 1.165) is 11.4 Å². The van der Waals surface area contributed by atoms with E-state index in [2.05, 4.69) is 15.1 Å². The highest BCUT2D eigenvalue weighted by atomic mass is 16.2. The number of carbonyl (C=O) groups excluding carboxylic acids is 2. The van der Waals surface area contributed by atoms with Gasteiger partial charge in [-0.3, -0.25) is 9.59 Å². The highest BCUT2D eigenvalue weighted by molar-refractivity contribution is 6.03. The van der Waals surface area contributed by atoms with E-state index in [4.69, 9.17) is 0 Å². The van der Waals surface area contributed by atoms with Crippen LogP contribution in [-0.4, -0.2) is 55.9 Å². The predicted octanol–water partition coefficient (Wildman–Crippen LogP) is 1.31. The lowest BCUT2D eigenvalue weighted by Gasteiger charge is -2.22. The summed E-state index contributed by atoms with van der Waals surface area (Å²) in [6, 6.07) is 10.7. The van der Waals surface area contributed by atoms with Gasteiger partial charge in [0, 0.05) is 31.2 Å². The third-order valence-electron chi connectivity index (χ3n) is 4.65. The minimum absolute atomic E-state index is 0.0419. The molecular formula is C18H18N6O2. The molecule has 1 fully saturated rings. The van der Waals surface area contributed by atoms with E-state index >= 15 is 0 Å². The number of anilines is 1. The fourth-order valence-electron chi connectivity index (χ4n) is 3.18. The minimum Gasteiger partial charge on any atom is -0.327 e. The van der Waals surface area contributed by atoms with Crippen LogP contribution in [0.2, 0.25) is 0 Å². The Kier molecular flexibility index (Phi) is 3.87. The number of carbonyl (C=O) groups is 2. The molecule has 1 aliphatic heterocycles. The van der Waals surface area contributed by atoms with Crippen LogP contribution in [0.5, 0.6) is 0 Å². The van der Waals surface area contributed by atoms with Crippen molar-refractivity contribution in [3.63, 3.8) is 0 Å². The lowest BCUT2D eigenvalue weighted by molar-refractivity contribution is -0.120. The molecule has 3 aromatic rings. The van der Waals surface area contributed by atoms with Crippen molar-refractivity contribution in [2.24, 2.45) is 0 Å². The molecule has 1 aliphatic rings. The van der Waals surface area contributed by atoms with Crippen LogP contribution in [-0.2, 0) is 4.79 Å². The molecule has 0 saturated carbocycles. The predicted molar refractivity (Wildman–Crippen MR) is 94.8 cm³/mol. The summed E-state index contributed by atoms with van der Waals surface area (Å²) in [5.74, 6) is -0.0704. The molecule has 0 N–H and O–H groups in total. The quantitative estimate of drug-likeness (QED) is 0.711. The van der Waals surface area contributed by atoms with E-state index in [-0.39, 0.29) is 17.6 Å². The Labute approximate surface area is 150 Å². The highest BCUT2D eigenvalue weighted by Crippen LogP contribution is 2.24.